The van der Waals surface area contributed by atoms with Gasteiger partial charge in [0.25, 0.3) is 0 Å². The number of nitrogens with zero attached hydrogens (tertiary/aromatic N) is 3. The number of carboxylic acid groups (broad SMARTS) is 1. The van der Waals surface area contributed by atoms with E-state index in [0.29, 0.717) is 5.82 Å². The number of carbonyl (C=O) groups is 1. The van der Waals surface area contributed by atoms with Crippen LogP contribution in [0.15, 0.2) is 60.9 Å². The molecule has 2 heterocycles. The van der Waals surface area contributed by atoms with Crippen LogP contribution in [0, 0.1) is 19.7 Å². The summed E-state index contributed by atoms with van der Waals surface area (Å²) in [5.74, 6) is -1.27. The standard InChI is InChI=1S/C25H23FN4O2.ClH/c1-4-17-6-5-7-18(10-17)22-12-23(28-21-9-8-19(26)11-20(21)25(31)32)30(29-22)24-15(2)13-27-14-16(24)3;/h5-14,28H,4H2,1-3H3,(H,31,32);1H. The minimum absolute atomic E-state index is 0. The van der Waals surface area contributed by atoms with Crippen LogP contribution in [0.5, 0.6) is 0 Å². The van der Waals surface area contributed by atoms with Gasteiger partial charge in [-0.3, -0.25) is 4.98 Å². The molecule has 2 N–H and O–H groups in total. The lowest BCUT2D eigenvalue weighted by atomic mass is 10.1. The Balaban J connectivity index is 0.00000306. The normalized spacial score (nSPS) is 10.5. The van der Waals surface area contributed by atoms with Crippen LogP contribution < -0.4 is 5.32 Å². The van der Waals surface area contributed by atoms with E-state index < -0.39 is 11.8 Å². The van der Waals surface area contributed by atoms with Crippen molar-refractivity contribution in [2.45, 2.75) is 27.2 Å². The van der Waals surface area contributed by atoms with Gasteiger partial charge in [-0.1, -0.05) is 25.1 Å². The van der Waals surface area contributed by atoms with Gasteiger partial charge in [-0.25, -0.2) is 13.9 Å². The van der Waals surface area contributed by atoms with E-state index in [-0.39, 0.29) is 23.7 Å². The molecule has 8 heteroatoms. The molecule has 0 fully saturated rings. The highest BCUT2D eigenvalue weighted by Gasteiger charge is 2.18. The Morgan fingerprint density at radius 2 is 1.82 bits per heavy atom. The number of aromatic nitrogens is 3. The quantitative estimate of drug-likeness (QED) is 0.358. The van der Waals surface area contributed by atoms with Crippen molar-refractivity contribution in [1.29, 1.82) is 0 Å². The van der Waals surface area contributed by atoms with E-state index in [2.05, 4.69) is 29.4 Å². The molecule has 170 valence electrons. The molecule has 0 amide bonds. The lowest BCUT2D eigenvalue weighted by Crippen LogP contribution is -2.09. The first-order valence-corrected chi connectivity index (χ1v) is 10.3. The zero-order valence-corrected chi connectivity index (χ0v) is 19.3. The molecule has 0 unspecified atom stereocenters. The number of pyridine rings is 1. The molecule has 2 aromatic carbocycles. The average Bonchev–Trinajstić information content (AvgIpc) is 3.18. The van der Waals surface area contributed by atoms with Crippen molar-refractivity contribution in [3.8, 4) is 16.9 Å². The van der Waals surface area contributed by atoms with Gasteiger partial charge in [-0.05, 0) is 61.2 Å². The molecule has 4 rings (SSSR count). The SMILES string of the molecule is CCc1cccc(-c2cc(Nc3ccc(F)cc3C(=O)O)n(-c3c(C)cncc3C)n2)c1.Cl. The van der Waals surface area contributed by atoms with E-state index in [9.17, 15) is 14.3 Å². The van der Waals surface area contributed by atoms with E-state index in [1.165, 1.54) is 17.7 Å². The number of hydrogen-bond donors (Lipinski definition) is 2. The summed E-state index contributed by atoms with van der Waals surface area (Å²) in [6.45, 7) is 5.98. The maximum Gasteiger partial charge on any atom is 0.337 e. The van der Waals surface area contributed by atoms with E-state index >= 15 is 0 Å². The lowest BCUT2D eigenvalue weighted by molar-refractivity contribution is 0.0697. The highest BCUT2D eigenvalue weighted by atomic mass is 35.5. The predicted octanol–water partition coefficient (Wildman–Crippen LogP) is 6.12. The molecular weight excluding hydrogens is 443 g/mol. The smallest absolute Gasteiger partial charge is 0.337 e. The van der Waals surface area contributed by atoms with Crippen molar-refractivity contribution in [2.75, 3.05) is 5.32 Å². The van der Waals surface area contributed by atoms with Crippen molar-refractivity contribution in [3.05, 3.63) is 89.0 Å². The Bertz CT molecular complexity index is 1300. The number of rotatable bonds is 6. The number of benzene rings is 2. The largest absolute Gasteiger partial charge is 0.478 e. The number of anilines is 2. The number of halogens is 2. The van der Waals surface area contributed by atoms with E-state index in [1.807, 2.05) is 32.0 Å². The maximum atomic E-state index is 13.7. The van der Waals surface area contributed by atoms with Crippen LogP contribution in [0.4, 0.5) is 15.9 Å². The molecule has 0 atom stereocenters. The van der Waals surface area contributed by atoms with Crippen LogP contribution in [0.3, 0.4) is 0 Å². The van der Waals surface area contributed by atoms with Crippen LogP contribution in [-0.4, -0.2) is 25.8 Å². The van der Waals surface area contributed by atoms with Crippen molar-refractivity contribution < 1.29 is 14.3 Å². The Morgan fingerprint density at radius 1 is 1.09 bits per heavy atom. The average molecular weight is 467 g/mol. The molecule has 6 nitrogen and oxygen atoms in total. The first-order valence-electron chi connectivity index (χ1n) is 10.3. The zero-order chi connectivity index (χ0) is 22.8. The molecule has 0 aliphatic heterocycles. The first kappa shape index (κ1) is 23.9. The van der Waals surface area contributed by atoms with Gasteiger partial charge in [-0.15, -0.1) is 12.4 Å². The molecule has 0 bridgehead atoms. The molecule has 0 spiro atoms. The Hall–Kier alpha value is -3.71. The predicted molar refractivity (Wildman–Crippen MR) is 130 cm³/mol. The second kappa shape index (κ2) is 9.83. The Labute approximate surface area is 197 Å². The van der Waals surface area contributed by atoms with Gasteiger partial charge in [-0.2, -0.15) is 5.10 Å². The monoisotopic (exact) mass is 466 g/mol. The number of hydrogen-bond acceptors (Lipinski definition) is 4. The Kier molecular flexibility index (Phi) is 7.13. The van der Waals surface area contributed by atoms with Crippen LogP contribution in [-0.2, 0) is 6.42 Å². The van der Waals surface area contributed by atoms with E-state index in [1.54, 1.807) is 17.1 Å². The zero-order valence-electron chi connectivity index (χ0n) is 18.5. The Morgan fingerprint density at radius 3 is 2.48 bits per heavy atom. The molecule has 0 radical (unpaired) electrons. The highest BCUT2D eigenvalue weighted by molar-refractivity contribution is 5.95. The summed E-state index contributed by atoms with van der Waals surface area (Å²) in [6, 6.07) is 13.6. The fourth-order valence-corrected chi connectivity index (χ4v) is 3.70. The number of carboxylic acids is 1. The number of aryl methyl sites for hydroxylation is 3. The molecule has 0 saturated carbocycles. The summed E-state index contributed by atoms with van der Waals surface area (Å²) in [4.78, 5) is 15.9. The maximum absolute atomic E-state index is 13.7. The molecule has 2 aromatic heterocycles. The third-order valence-corrected chi connectivity index (χ3v) is 5.31. The fraction of sp³-hybridized carbons (Fsp3) is 0.160. The van der Waals surface area contributed by atoms with Crippen molar-refractivity contribution in [1.82, 2.24) is 14.8 Å². The van der Waals surface area contributed by atoms with Gasteiger partial charge in [0.15, 0.2) is 0 Å². The molecule has 33 heavy (non-hydrogen) atoms. The van der Waals surface area contributed by atoms with Crippen LogP contribution >= 0.6 is 12.4 Å². The minimum atomic E-state index is -1.22. The van der Waals surface area contributed by atoms with Crippen molar-refractivity contribution >= 4 is 29.9 Å². The molecule has 4 aromatic rings. The fourth-order valence-electron chi connectivity index (χ4n) is 3.70. The first-order chi connectivity index (χ1) is 15.4. The molecule has 0 aliphatic carbocycles. The molecule has 0 saturated heterocycles. The molecular formula is C25H24ClFN4O2. The number of nitrogens with one attached hydrogen (secondary N) is 1. The van der Waals surface area contributed by atoms with E-state index in [0.717, 1.165) is 40.6 Å². The van der Waals surface area contributed by atoms with Gasteiger partial charge in [0, 0.05) is 24.0 Å². The summed E-state index contributed by atoms with van der Waals surface area (Å²) in [5, 5.41) is 17.5. The van der Waals surface area contributed by atoms with Gasteiger partial charge in [0.2, 0.25) is 0 Å². The minimum Gasteiger partial charge on any atom is -0.478 e. The summed E-state index contributed by atoms with van der Waals surface area (Å²) in [7, 11) is 0. The van der Waals surface area contributed by atoms with Crippen LogP contribution in [0.1, 0.15) is 34.0 Å². The summed E-state index contributed by atoms with van der Waals surface area (Å²) in [5.41, 5.74) is 5.68. The van der Waals surface area contributed by atoms with Crippen LogP contribution in [0.2, 0.25) is 0 Å². The second-order valence-electron chi connectivity index (χ2n) is 7.62. The van der Waals surface area contributed by atoms with Crippen molar-refractivity contribution in [3.63, 3.8) is 0 Å². The van der Waals surface area contributed by atoms with Crippen LogP contribution in [0.25, 0.3) is 16.9 Å². The van der Waals surface area contributed by atoms with Gasteiger partial charge < -0.3 is 10.4 Å². The van der Waals surface area contributed by atoms with E-state index in [4.69, 9.17) is 5.10 Å². The van der Waals surface area contributed by atoms with Gasteiger partial charge in [0.1, 0.15) is 11.6 Å². The summed E-state index contributed by atoms with van der Waals surface area (Å²) < 4.78 is 15.4. The highest BCUT2D eigenvalue weighted by Crippen LogP contribution is 2.31. The summed E-state index contributed by atoms with van der Waals surface area (Å²) >= 11 is 0. The second-order valence-corrected chi connectivity index (χ2v) is 7.62. The van der Waals surface area contributed by atoms with Crippen molar-refractivity contribution in [2.24, 2.45) is 0 Å². The summed E-state index contributed by atoms with van der Waals surface area (Å²) in [6.07, 6.45) is 4.41. The third kappa shape index (κ3) is 4.88. The third-order valence-electron chi connectivity index (χ3n) is 5.31. The lowest BCUT2D eigenvalue weighted by Gasteiger charge is -2.15. The van der Waals surface area contributed by atoms with Gasteiger partial charge in [0.05, 0.1) is 22.6 Å². The molecule has 0 aliphatic rings. The number of aromatic carboxylic acids is 1. The topological polar surface area (TPSA) is 80.0 Å². The van der Waals surface area contributed by atoms with Gasteiger partial charge >= 0.3 is 5.97 Å².